The van der Waals surface area contributed by atoms with Crippen LogP contribution in [0.25, 0.3) is 0 Å². The van der Waals surface area contributed by atoms with Crippen LogP contribution in [0.1, 0.15) is 23.7 Å². The first-order valence-corrected chi connectivity index (χ1v) is 16.0. The summed E-state index contributed by atoms with van der Waals surface area (Å²) in [7, 11) is 0. The summed E-state index contributed by atoms with van der Waals surface area (Å²) in [6.45, 7) is 1.73. The van der Waals surface area contributed by atoms with Crippen molar-refractivity contribution in [3.8, 4) is 0 Å². The second-order valence-electron chi connectivity index (χ2n) is 5.19. The average Bonchev–Trinajstić information content (AvgIpc) is 2.34. The van der Waals surface area contributed by atoms with Gasteiger partial charge in [0.2, 0.25) is 0 Å². The summed E-state index contributed by atoms with van der Waals surface area (Å²) in [4.78, 5) is 29.8. The fourth-order valence-electron chi connectivity index (χ4n) is 1.41. The maximum atomic E-state index is 11.8. The monoisotopic (exact) mass is 356 g/mol. The molecule has 1 aromatic carbocycles. The molecule has 0 fully saturated rings. The zero-order valence-corrected chi connectivity index (χ0v) is 14.2. The molecule has 0 aliphatic rings. The van der Waals surface area contributed by atoms with Gasteiger partial charge in [0.05, 0.1) is 0 Å². The number of carbonyl (C=O) groups is 2. The first-order chi connectivity index (χ1) is 8.34. The molecule has 0 radical (unpaired) electrons. The molecule has 0 saturated heterocycles. The van der Waals surface area contributed by atoms with Crippen LogP contribution in [0.5, 0.6) is 0 Å². The van der Waals surface area contributed by atoms with Gasteiger partial charge in [-0.15, -0.1) is 0 Å². The van der Waals surface area contributed by atoms with Crippen LogP contribution in [0.2, 0.25) is 14.8 Å². The van der Waals surface area contributed by atoms with Gasteiger partial charge in [-0.3, -0.25) is 0 Å². The van der Waals surface area contributed by atoms with E-state index in [-0.39, 0.29) is 11.8 Å². The van der Waals surface area contributed by atoms with E-state index in [9.17, 15) is 9.59 Å². The molecule has 0 atom stereocenters. The number of benzene rings is 1. The summed E-state index contributed by atoms with van der Waals surface area (Å²) in [5, 5.41) is 0. The predicted molar refractivity (Wildman–Crippen MR) is 75.3 cm³/mol. The standard InChI is InChI=1S/C10H11N2O2.3CH3.Sn/c1-2-9(13)11-12-10(14)8-6-4-3-5-7-8;;;;/h3-4,6-7H,2H2,1H3,(H,11,13)(H,12,14);3*1H3;. The quantitative estimate of drug-likeness (QED) is 0.636. The molecule has 0 heterocycles. The Morgan fingerprint density at radius 1 is 1.17 bits per heavy atom. The van der Waals surface area contributed by atoms with Gasteiger partial charge in [0.15, 0.2) is 0 Å². The Kier molecular flexibility index (Phi) is 5.19. The summed E-state index contributed by atoms with van der Waals surface area (Å²) in [6.07, 6.45) is 0.346. The summed E-state index contributed by atoms with van der Waals surface area (Å²) in [6, 6.07) is 7.67. The molecule has 1 rings (SSSR count). The number of carbonyl (C=O) groups excluding carboxylic acids is 2. The van der Waals surface area contributed by atoms with E-state index >= 15 is 0 Å². The average molecular weight is 355 g/mol. The Morgan fingerprint density at radius 3 is 2.39 bits per heavy atom. The molecule has 0 unspecified atom stereocenters. The molecule has 2 N–H and O–H groups in total. The third-order valence-electron chi connectivity index (χ3n) is 2.63. The van der Waals surface area contributed by atoms with Crippen molar-refractivity contribution in [3.63, 3.8) is 0 Å². The molecule has 0 aromatic heterocycles. The normalized spacial score (nSPS) is 10.9. The van der Waals surface area contributed by atoms with Crippen LogP contribution >= 0.6 is 0 Å². The van der Waals surface area contributed by atoms with Crippen LogP contribution in [0.3, 0.4) is 0 Å². The second-order valence-corrected chi connectivity index (χ2v) is 19.7. The zero-order valence-electron chi connectivity index (χ0n) is 11.3. The van der Waals surface area contributed by atoms with Crippen LogP contribution in [-0.4, -0.2) is 30.2 Å². The van der Waals surface area contributed by atoms with Gasteiger partial charge in [-0.25, -0.2) is 0 Å². The molecule has 2 amide bonds. The van der Waals surface area contributed by atoms with Crippen molar-refractivity contribution in [2.24, 2.45) is 0 Å². The van der Waals surface area contributed by atoms with E-state index in [0.29, 0.717) is 12.0 Å². The Hall–Kier alpha value is -1.04. The van der Waals surface area contributed by atoms with Gasteiger partial charge in [0.1, 0.15) is 0 Å². The molecule has 5 heteroatoms. The molecule has 18 heavy (non-hydrogen) atoms. The molecule has 0 aliphatic carbocycles. The molecule has 0 aliphatic heterocycles. The second kappa shape index (κ2) is 6.22. The van der Waals surface area contributed by atoms with Crippen molar-refractivity contribution in [2.75, 3.05) is 0 Å². The van der Waals surface area contributed by atoms with Gasteiger partial charge in [0.25, 0.3) is 0 Å². The maximum absolute atomic E-state index is 11.8. The first kappa shape index (κ1) is 15.0. The molecule has 0 saturated carbocycles. The van der Waals surface area contributed by atoms with E-state index in [2.05, 4.69) is 31.7 Å². The number of hydrazine groups is 1. The molecule has 1 aromatic rings. The molecule has 0 bridgehead atoms. The van der Waals surface area contributed by atoms with Crippen LogP contribution in [0, 0.1) is 0 Å². The van der Waals surface area contributed by atoms with Crippen molar-refractivity contribution >= 4 is 33.8 Å². The van der Waals surface area contributed by atoms with E-state index in [4.69, 9.17) is 0 Å². The van der Waals surface area contributed by atoms with Crippen LogP contribution in [0.4, 0.5) is 0 Å². The molecular formula is C13H20N2O2Sn. The van der Waals surface area contributed by atoms with Crippen LogP contribution < -0.4 is 14.4 Å². The summed E-state index contributed by atoms with van der Waals surface area (Å²) >= 11 is -2.16. The minimum absolute atomic E-state index is 0.200. The fraction of sp³-hybridized carbons (Fsp3) is 0.385. The van der Waals surface area contributed by atoms with Crippen molar-refractivity contribution in [1.29, 1.82) is 0 Å². The third kappa shape index (κ3) is 4.33. The van der Waals surface area contributed by atoms with Gasteiger partial charge < -0.3 is 0 Å². The Labute approximate surface area is 112 Å². The number of rotatable bonds is 3. The van der Waals surface area contributed by atoms with Crippen LogP contribution in [-0.2, 0) is 4.79 Å². The SMILES string of the molecule is CCC(=O)NNC(=O)c1ccc[c]([Sn]([CH3])([CH3])[CH3])c1. The van der Waals surface area contributed by atoms with Gasteiger partial charge >= 0.3 is 112 Å². The number of hydrogen-bond donors (Lipinski definition) is 2. The zero-order chi connectivity index (χ0) is 13.8. The van der Waals surface area contributed by atoms with Crippen molar-refractivity contribution < 1.29 is 9.59 Å². The molecule has 0 spiro atoms. The fourth-order valence-corrected chi connectivity index (χ4v) is 4.80. The Balaban J connectivity index is 2.78. The molecule has 4 nitrogen and oxygen atoms in total. The third-order valence-corrected chi connectivity index (χ3v) is 8.46. The summed E-state index contributed by atoms with van der Waals surface area (Å²) < 4.78 is 1.29. The molecular weight excluding hydrogens is 335 g/mol. The van der Waals surface area contributed by atoms with Gasteiger partial charge in [-0.1, -0.05) is 0 Å². The van der Waals surface area contributed by atoms with Gasteiger partial charge in [0, 0.05) is 0 Å². The van der Waals surface area contributed by atoms with Gasteiger partial charge in [-0.05, 0) is 0 Å². The first-order valence-electron chi connectivity index (χ1n) is 6.04. The topological polar surface area (TPSA) is 58.2 Å². The van der Waals surface area contributed by atoms with E-state index < -0.39 is 18.4 Å². The van der Waals surface area contributed by atoms with Crippen molar-refractivity contribution in [3.05, 3.63) is 29.8 Å². The number of amides is 2. The number of hydrogen-bond acceptors (Lipinski definition) is 2. The predicted octanol–water partition coefficient (Wildman–Crippen LogP) is 1.40. The van der Waals surface area contributed by atoms with Crippen molar-refractivity contribution in [2.45, 2.75) is 28.2 Å². The summed E-state index contributed by atoms with van der Waals surface area (Å²) in [5.41, 5.74) is 5.37. The van der Waals surface area contributed by atoms with E-state index in [1.165, 1.54) is 3.58 Å². The summed E-state index contributed by atoms with van der Waals surface area (Å²) in [5.74, 6) is -0.469. The minimum atomic E-state index is -2.16. The van der Waals surface area contributed by atoms with E-state index in [1.54, 1.807) is 13.0 Å². The van der Waals surface area contributed by atoms with Gasteiger partial charge in [-0.2, -0.15) is 0 Å². The Morgan fingerprint density at radius 2 is 1.83 bits per heavy atom. The number of nitrogens with one attached hydrogen (secondary N) is 2. The Bertz CT molecular complexity index is 453. The molecule has 98 valence electrons. The van der Waals surface area contributed by atoms with Crippen LogP contribution in [0.15, 0.2) is 24.3 Å². The van der Waals surface area contributed by atoms with Crippen molar-refractivity contribution in [1.82, 2.24) is 10.9 Å². The van der Waals surface area contributed by atoms with E-state index in [1.807, 2.05) is 12.1 Å². The van der Waals surface area contributed by atoms with E-state index in [0.717, 1.165) is 0 Å².